The zero-order valence-electron chi connectivity index (χ0n) is 26.1. The van der Waals surface area contributed by atoms with Crippen LogP contribution < -0.4 is 0 Å². The van der Waals surface area contributed by atoms with Gasteiger partial charge in [0.1, 0.15) is 0 Å². The van der Waals surface area contributed by atoms with Crippen LogP contribution in [0.5, 0.6) is 0 Å². The molecule has 48 heavy (non-hydrogen) atoms. The van der Waals surface area contributed by atoms with Crippen LogP contribution in [-0.2, 0) is 0 Å². The summed E-state index contributed by atoms with van der Waals surface area (Å²) in [6.45, 7) is 0. The molecule has 0 radical (unpaired) electrons. The maximum absolute atomic E-state index is 5.35. The van der Waals surface area contributed by atoms with E-state index in [1.165, 1.54) is 16.2 Å². The normalized spacial score (nSPS) is 11.3. The SMILES string of the molecule is c1ccc(-c2ccc(-c3nc(-c4ccccc4)nc(-c4c5ccccc5cc5c4ccc4ccccc45)n3)c(-c3ccccc3)c2)cc1. The van der Waals surface area contributed by atoms with Gasteiger partial charge in [-0.3, -0.25) is 0 Å². The van der Waals surface area contributed by atoms with Gasteiger partial charge in [0.05, 0.1) is 0 Å². The zero-order chi connectivity index (χ0) is 31.9. The molecule has 8 aromatic carbocycles. The Labute approximate surface area is 278 Å². The molecule has 0 aliphatic heterocycles. The van der Waals surface area contributed by atoms with Crippen molar-refractivity contribution in [1.82, 2.24) is 15.0 Å². The predicted octanol–water partition coefficient (Wildman–Crippen LogP) is 11.7. The van der Waals surface area contributed by atoms with Crippen LogP contribution >= 0.6 is 0 Å². The molecule has 0 amide bonds. The largest absolute Gasteiger partial charge is 0.208 e. The summed E-state index contributed by atoms with van der Waals surface area (Å²) in [7, 11) is 0. The zero-order valence-corrected chi connectivity index (χ0v) is 26.1. The number of fused-ring (bicyclic) bond motifs is 4. The molecule has 0 bridgehead atoms. The first-order valence-corrected chi connectivity index (χ1v) is 16.2. The average molecular weight is 612 g/mol. The van der Waals surface area contributed by atoms with E-state index >= 15 is 0 Å². The van der Waals surface area contributed by atoms with Crippen molar-refractivity contribution in [3.63, 3.8) is 0 Å². The van der Waals surface area contributed by atoms with Crippen molar-refractivity contribution < 1.29 is 0 Å². The van der Waals surface area contributed by atoms with Crippen LogP contribution in [0, 0.1) is 0 Å². The van der Waals surface area contributed by atoms with E-state index in [4.69, 9.17) is 15.0 Å². The summed E-state index contributed by atoms with van der Waals surface area (Å²) in [5.41, 5.74) is 7.39. The highest BCUT2D eigenvalue weighted by Crippen LogP contribution is 2.40. The Bertz CT molecular complexity index is 2600. The van der Waals surface area contributed by atoms with Gasteiger partial charge in [-0.1, -0.05) is 158 Å². The van der Waals surface area contributed by atoms with Gasteiger partial charge in [0.15, 0.2) is 17.5 Å². The van der Waals surface area contributed by atoms with Crippen LogP contribution in [-0.4, -0.2) is 15.0 Å². The van der Waals surface area contributed by atoms with Crippen LogP contribution in [0.15, 0.2) is 176 Å². The van der Waals surface area contributed by atoms with Gasteiger partial charge in [0, 0.05) is 16.7 Å². The smallest absolute Gasteiger partial charge is 0.165 e. The van der Waals surface area contributed by atoms with Gasteiger partial charge in [-0.05, 0) is 72.8 Å². The molecule has 9 rings (SSSR count). The number of hydrogen-bond donors (Lipinski definition) is 0. The fourth-order valence-corrected chi connectivity index (χ4v) is 6.79. The molecule has 0 saturated heterocycles. The predicted molar refractivity (Wildman–Crippen MR) is 200 cm³/mol. The molecular weight excluding hydrogens is 583 g/mol. The Morgan fingerprint density at radius 3 is 1.60 bits per heavy atom. The standard InChI is InChI=1S/C45H29N3/c1-4-14-30(15-5-1)34-25-27-39(40(28-34)31-16-6-2-7-17-31)44-46-43(33-19-8-3-9-20-33)47-45(48-44)42-37-23-13-11-21-35(37)29-41-36-22-12-10-18-32(36)24-26-38(41)42/h1-29H. The van der Waals surface area contributed by atoms with Crippen molar-refractivity contribution in [3.05, 3.63) is 176 Å². The fraction of sp³-hybridized carbons (Fsp3) is 0. The van der Waals surface area contributed by atoms with Crippen LogP contribution in [0.1, 0.15) is 0 Å². The van der Waals surface area contributed by atoms with Gasteiger partial charge >= 0.3 is 0 Å². The Hall–Kier alpha value is -6.45. The third-order valence-corrected chi connectivity index (χ3v) is 9.11. The van der Waals surface area contributed by atoms with Crippen LogP contribution in [0.3, 0.4) is 0 Å². The van der Waals surface area contributed by atoms with Gasteiger partial charge < -0.3 is 0 Å². The van der Waals surface area contributed by atoms with Crippen molar-refractivity contribution in [1.29, 1.82) is 0 Å². The van der Waals surface area contributed by atoms with Gasteiger partial charge in [-0.25, -0.2) is 15.0 Å². The number of hydrogen-bond acceptors (Lipinski definition) is 3. The lowest BCUT2D eigenvalue weighted by molar-refractivity contribution is 1.08. The third-order valence-electron chi connectivity index (χ3n) is 9.11. The molecule has 9 aromatic rings. The van der Waals surface area contributed by atoms with E-state index in [1.807, 2.05) is 30.3 Å². The van der Waals surface area contributed by atoms with Gasteiger partial charge in [0.2, 0.25) is 0 Å². The Kier molecular flexibility index (Phi) is 6.80. The Morgan fingerprint density at radius 2 is 0.854 bits per heavy atom. The Balaban J connectivity index is 1.36. The number of benzene rings is 8. The summed E-state index contributed by atoms with van der Waals surface area (Å²) in [6, 6.07) is 61.6. The molecule has 0 aliphatic carbocycles. The molecular formula is C45H29N3. The summed E-state index contributed by atoms with van der Waals surface area (Å²) in [5, 5.41) is 6.98. The molecule has 0 fully saturated rings. The lowest BCUT2D eigenvalue weighted by Crippen LogP contribution is -2.02. The molecule has 1 heterocycles. The molecule has 0 atom stereocenters. The topological polar surface area (TPSA) is 38.7 Å². The molecule has 0 saturated carbocycles. The van der Waals surface area contributed by atoms with E-state index in [0.29, 0.717) is 17.5 Å². The highest BCUT2D eigenvalue weighted by molar-refractivity contribution is 6.19. The summed E-state index contributed by atoms with van der Waals surface area (Å²) >= 11 is 0. The average Bonchev–Trinajstić information content (AvgIpc) is 3.17. The molecule has 0 N–H and O–H groups in total. The minimum absolute atomic E-state index is 0.638. The van der Waals surface area contributed by atoms with E-state index in [1.54, 1.807) is 0 Å². The monoisotopic (exact) mass is 611 g/mol. The molecule has 0 aliphatic rings. The van der Waals surface area contributed by atoms with E-state index in [9.17, 15) is 0 Å². The third kappa shape index (κ3) is 4.90. The summed E-state index contributed by atoms with van der Waals surface area (Å²) in [5.74, 6) is 1.94. The second kappa shape index (κ2) is 11.7. The summed E-state index contributed by atoms with van der Waals surface area (Å²) in [6.07, 6.45) is 0. The number of aromatic nitrogens is 3. The molecule has 0 spiro atoms. The summed E-state index contributed by atoms with van der Waals surface area (Å²) in [4.78, 5) is 15.7. The maximum Gasteiger partial charge on any atom is 0.165 e. The van der Waals surface area contributed by atoms with Crippen molar-refractivity contribution in [3.8, 4) is 56.4 Å². The van der Waals surface area contributed by atoms with Crippen LogP contribution in [0.2, 0.25) is 0 Å². The highest BCUT2D eigenvalue weighted by Gasteiger charge is 2.20. The van der Waals surface area contributed by atoms with E-state index < -0.39 is 0 Å². The number of nitrogens with zero attached hydrogens (tertiary/aromatic N) is 3. The van der Waals surface area contributed by atoms with Crippen molar-refractivity contribution in [2.45, 2.75) is 0 Å². The van der Waals surface area contributed by atoms with Gasteiger partial charge in [-0.2, -0.15) is 0 Å². The van der Waals surface area contributed by atoms with Crippen molar-refractivity contribution >= 4 is 32.3 Å². The molecule has 0 unspecified atom stereocenters. The maximum atomic E-state index is 5.35. The summed E-state index contributed by atoms with van der Waals surface area (Å²) < 4.78 is 0. The first-order chi connectivity index (χ1) is 23.8. The molecule has 3 heteroatoms. The Morgan fingerprint density at radius 1 is 0.271 bits per heavy atom. The molecule has 1 aromatic heterocycles. The van der Waals surface area contributed by atoms with E-state index in [2.05, 4.69) is 146 Å². The van der Waals surface area contributed by atoms with E-state index in [-0.39, 0.29) is 0 Å². The van der Waals surface area contributed by atoms with Crippen molar-refractivity contribution in [2.24, 2.45) is 0 Å². The number of rotatable bonds is 5. The second-order valence-corrected chi connectivity index (χ2v) is 12.0. The lowest BCUT2D eigenvalue weighted by atomic mass is 9.92. The minimum Gasteiger partial charge on any atom is -0.208 e. The first-order valence-electron chi connectivity index (χ1n) is 16.2. The molecule has 3 nitrogen and oxygen atoms in total. The van der Waals surface area contributed by atoms with Gasteiger partial charge in [0.25, 0.3) is 0 Å². The van der Waals surface area contributed by atoms with Gasteiger partial charge in [-0.15, -0.1) is 0 Å². The fourth-order valence-electron chi connectivity index (χ4n) is 6.79. The van der Waals surface area contributed by atoms with Crippen LogP contribution in [0.4, 0.5) is 0 Å². The highest BCUT2D eigenvalue weighted by atomic mass is 15.0. The first kappa shape index (κ1) is 27.8. The minimum atomic E-state index is 0.638. The second-order valence-electron chi connectivity index (χ2n) is 12.0. The lowest BCUT2D eigenvalue weighted by Gasteiger charge is -2.16. The van der Waals surface area contributed by atoms with Crippen LogP contribution in [0.25, 0.3) is 88.7 Å². The quantitative estimate of drug-likeness (QED) is 0.144. The molecule has 224 valence electrons. The van der Waals surface area contributed by atoms with Crippen molar-refractivity contribution in [2.75, 3.05) is 0 Å². The van der Waals surface area contributed by atoms with E-state index in [0.717, 1.165) is 55.1 Å².